The van der Waals surface area contributed by atoms with Crippen LogP contribution >= 0.6 is 0 Å². The van der Waals surface area contributed by atoms with E-state index in [9.17, 15) is 9.59 Å². The average Bonchev–Trinajstić information content (AvgIpc) is 2.73. The van der Waals surface area contributed by atoms with Crippen LogP contribution in [0.25, 0.3) is 22.4 Å². The number of rotatable bonds is 1. The monoisotopic (exact) mass is 268 g/mol. The zero-order valence-electron chi connectivity index (χ0n) is 10.4. The van der Waals surface area contributed by atoms with Crippen molar-refractivity contribution in [1.82, 2.24) is 14.8 Å². The summed E-state index contributed by atoms with van der Waals surface area (Å²) in [4.78, 5) is 22.6. The molecule has 20 heavy (non-hydrogen) atoms. The summed E-state index contributed by atoms with van der Waals surface area (Å²) in [6.45, 7) is 0. The van der Waals surface area contributed by atoms with Crippen molar-refractivity contribution in [1.29, 1.82) is 5.26 Å². The van der Waals surface area contributed by atoms with Gasteiger partial charge in [-0.1, -0.05) is 6.07 Å². The number of hydrogen-bond acceptors (Lipinski definition) is 5. The second-order valence-corrected chi connectivity index (χ2v) is 4.22. The second kappa shape index (κ2) is 4.20. The van der Waals surface area contributed by atoms with Crippen molar-refractivity contribution < 1.29 is 4.42 Å². The van der Waals surface area contributed by atoms with Gasteiger partial charge in [0.1, 0.15) is 11.8 Å². The first-order valence-corrected chi connectivity index (χ1v) is 5.70. The van der Waals surface area contributed by atoms with Crippen LogP contribution in [0.5, 0.6) is 0 Å². The molecule has 0 spiro atoms. The van der Waals surface area contributed by atoms with Crippen molar-refractivity contribution in [3.05, 3.63) is 50.7 Å². The minimum Gasteiger partial charge on any atom is -0.408 e. The number of fused-ring (bicyclic) bond motifs is 1. The topological polar surface area (TPSA) is 105 Å². The Labute approximate surface area is 111 Å². The summed E-state index contributed by atoms with van der Waals surface area (Å²) in [5, 5.41) is 15.2. The van der Waals surface area contributed by atoms with E-state index in [4.69, 9.17) is 9.68 Å². The molecular formula is C13H8N4O3. The quantitative estimate of drug-likeness (QED) is 0.701. The summed E-state index contributed by atoms with van der Waals surface area (Å²) >= 11 is 0. The summed E-state index contributed by atoms with van der Waals surface area (Å²) in [5.74, 6) is -0.466. The van der Waals surface area contributed by atoms with Crippen LogP contribution < -0.4 is 11.3 Å². The van der Waals surface area contributed by atoms with Gasteiger partial charge in [-0.2, -0.15) is 10.4 Å². The molecule has 0 aliphatic heterocycles. The smallest absolute Gasteiger partial charge is 0.408 e. The average molecular weight is 268 g/mol. The Morgan fingerprint density at radius 3 is 2.90 bits per heavy atom. The van der Waals surface area contributed by atoms with Crippen LogP contribution in [-0.2, 0) is 7.05 Å². The van der Waals surface area contributed by atoms with Gasteiger partial charge in [-0.05, 0) is 12.1 Å². The minimum atomic E-state index is -0.466. The highest BCUT2D eigenvalue weighted by Gasteiger charge is 2.11. The van der Waals surface area contributed by atoms with Gasteiger partial charge < -0.3 is 4.42 Å². The molecule has 3 rings (SSSR count). The molecular weight excluding hydrogens is 260 g/mol. The Balaban J connectivity index is 2.28. The van der Waals surface area contributed by atoms with Crippen LogP contribution in [0.1, 0.15) is 5.56 Å². The maximum Gasteiger partial charge on any atom is 0.419 e. The van der Waals surface area contributed by atoms with E-state index in [0.717, 1.165) is 0 Å². The number of hydrogen-bond donors (Lipinski definition) is 1. The van der Waals surface area contributed by atoms with Crippen molar-refractivity contribution in [3.63, 3.8) is 0 Å². The first kappa shape index (κ1) is 11.9. The van der Waals surface area contributed by atoms with Gasteiger partial charge in [-0.3, -0.25) is 9.36 Å². The van der Waals surface area contributed by atoms with Crippen molar-refractivity contribution in [2.45, 2.75) is 0 Å². The first-order valence-electron chi connectivity index (χ1n) is 5.70. The van der Waals surface area contributed by atoms with Crippen LogP contribution in [0.4, 0.5) is 0 Å². The van der Waals surface area contributed by atoms with Crippen LogP contribution in [0.15, 0.2) is 38.3 Å². The molecule has 0 fully saturated rings. The zero-order chi connectivity index (χ0) is 14.3. The van der Waals surface area contributed by atoms with Crippen LogP contribution in [-0.4, -0.2) is 14.8 Å². The van der Waals surface area contributed by atoms with Gasteiger partial charge in [0.05, 0.1) is 11.1 Å². The molecule has 7 nitrogen and oxygen atoms in total. The molecule has 1 N–H and O–H groups in total. The molecule has 0 unspecified atom stereocenters. The first-order chi connectivity index (χ1) is 9.60. The number of H-pyrrole nitrogens is 1. The molecule has 3 aromatic rings. The molecule has 7 heteroatoms. The molecule has 0 saturated heterocycles. The van der Waals surface area contributed by atoms with E-state index >= 15 is 0 Å². The highest BCUT2D eigenvalue weighted by molar-refractivity contribution is 5.80. The highest BCUT2D eigenvalue weighted by atomic mass is 16.4. The summed E-state index contributed by atoms with van der Waals surface area (Å²) < 4.78 is 6.46. The van der Waals surface area contributed by atoms with Crippen molar-refractivity contribution in [2.75, 3.05) is 0 Å². The van der Waals surface area contributed by atoms with Gasteiger partial charge in [0.2, 0.25) is 0 Å². The van der Waals surface area contributed by atoms with Gasteiger partial charge >= 0.3 is 5.76 Å². The van der Waals surface area contributed by atoms with E-state index < -0.39 is 11.3 Å². The van der Waals surface area contributed by atoms with Crippen LogP contribution in [0.3, 0.4) is 0 Å². The van der Waals surface area contributed by atoms with E-state index in [0.29, 0.717) is 22.4 Å². The van der Waals surface area contributed by atoms with Crippen molar-refractivity contribution in [2.24, 2.45) is 7.05 Å². The number of aryl methyl sites for hydroxylation is 1. The van der Waals surface area contributed by atoms with Gasteiger partial charge in [0.15, 0.2) is 5.58 Å². The Hall–Kier alpha value is -3.14. The Kier molecular flexibility index (Phi) is 2.51. The van der Waals surface area contributed by atoms with Crippen LogP contribution in [0, 0.1) is 11.3 Å². The van der Waals surface area contributed by atoms with E-state index in [1.165, 1.54) is 10.6 Å². The molecule has 0 amide bonds. The predicted octanol–water partition coefficient (Wildman–Crippen LogP) is 0.753. The van der Waals surface area contributed by atoms with E-state index in [2.05, 4.69) is 10.2 Å². The van der Waals surface area contributed by atoms with Gasteiger partial charge in [0, 0.05) is 18.7 Å². The molecule has 1 aromatic carbocycles. The minimum absolute atomic E-state index is 0.159. The lowest BCUT2D eigenvalue weighted by Crippen LogP contribution is -2.09. The summed E-state index contributed by atoms with van der Waals surface area (Å²) in [6.07, 6.45) is 0. The third-order valence-electron chi connectivity index (χ3n) is 2.99. The fourth-order valence-electron chi connectivity index (χ4n) is 1.99. The fourth-order valence-corrected chi connectivity index (χ4v) is 1.99. The standard InChI is InChI=1S/C13H8N4O3/c1-17-9-3-2-7(4-10(9)20-13(17)19)12-8(6-14)5-11(18)15-16-12/h2-5H,1H3,(H,15,18). The molecule has 0 atom stereocenters. The van der Waals surface area contributed by atoms with E-state index in [-0.39, 0.29) is 5.56 Å². The maximum absolute atomic E-state index is 11.4. The van der Waals surface area contributed by atoms with Crippen molar-refractivity contribution >= 4 is 11.1 Å². The lowest BCUT2D eigenvalue weighted by molar-refractivity contribution is 0.528. The van der Waals surface area contributed by atoms with Gasteiger partial charge in [-0.15, -0.1) is 0 Å². The van der Waals surface area contributed by atoms with Gasteiger partial charge in [0.25, 0.3) is 5.56 Å². The molecule has 0 aliphatic carbocycles. The molecule has 2 aromatic heterocycles. The Morgan fingerprint density at radius 2 is 2.15 bits per heavy atom. The summed E-state index contributed by atoms with van der Waals surface area (Å²) in [6, 6.07) is 8.11. The number of nitriles is 1. The number of nitrogens with one attached hydrogen (secondary N) is 1. The molecule has 98 valence electrons. The van der Waals surface area contributed by atoms with Gasteiger partial charge in [-0.25, -0.2) is 9.89 Å². The normalized spacial score (nSPS) is 10.6. The molecule has 0 radical (unpaired) electrons. The third kappa shape index (κ3) is 1.71. The van der Waals surface area contributed by atoms with E-state index in [1.807, 2.05) is 6.07 Å². The fraction of sp³-hybridized carbons (Fsp3) is 0.0769. The molecule has 0 aliphatic rings. The summed E-state index contributed by atoms with van der Waals surface area (Å²) in [7, 11) is 1.60. The zero-order valence-corrected chi connectivity index (χ0v) is 10.4. The molecule has 0 saturated carbocycles. The molecule has 0 bridgehead atoms. The maximum atomic E-state index is 11.4. The third-order valence-corrected chi connectivity index (χ3v) is 2.99. The highest BCUT2D eigenvalue weighted by Crippen LogP contribution is 2.23. The Bertz CT molecular complexity index is 972. The largest absolute Gasteiger partial charge is 0.419 e. The Morgan fingerprint density at radius 1 is 1.35 bits per heavy atom. The second-order valence-electron chi connectivity index (χ2n) is 4.22. The lowest BCUT2D eigenvalue weighted by atomic mass is 10.1. The summed E-state index contributed by atoms with van der Waals surface area (Å²) in [5.41, 5.74) is 1.66. The van der Waals surface area contributed by atoms with Crippen LogP contribution in [0.2, 0.25) is 0 Å². The number of aromatic amines is 1. The lowest BCUT2D eigenvalue weighted by Gasteiger charge is -2.01. The number of nitrogens with zero attached hydrogens (tertiary/aromatic N) is 3. The predicted molar refractivity (Wildman–Crippen MR) is 70.0 cm³/mol. The number of benzene rings is 1. The van der Waals surface area contributed by atoms with E-state index in [1.54, 1.807) is 25.2 Å². The SMILES string of the molecule is Cn1c(=O)oc2cc(-c3n[nH]c(=O)cc3C#N)ccc21. The van der Waals surface area contributed by atoms with Crippen molar-refractivity contribution in [3.8, 4) is 17.3 Å². The number of aromatic nitrogens is 3. The number of oxazole rings is 1. The molecule has 2 heterocycles.